The van der Waals surface area contributed by atoms with Crippen molar-refractivity contribution in [1.29, 1.82) is 0 Å². The molecule has 0 atom stereocenters. The van der Waals surface area contributed by atoms with Crippen molar-refractivity contribution < 1.29 is 9.18 Å². The lowest BCUT2D eigenvalue weighted by molar-refractivity contribution is 0.0781. The second-order valence-electron chi connectivity index (χ2n) is 3.95. The van der Waals surface area contributed by atoms with E-state index in [1.54, 1.807) is 7.05 Å². The molecule has 0 radical (unpaired) electrons. The van der Waals surface area contributed by atoms with Crippen molar-refractivity contribution >= 4 is 27.5 Å². The van der Waals surface area contributed by atoms with Gasteiger partial charge in [0.25, 0.3) is 5.91 Å². The Morgan fingerprint density at radius 3 is 2.95 bits per heavy atom. The molecule has 0 aliphatic rings. The third-order valence-corrected chi connectivity index (χ3v) is 3.17. The Kier molecular flexibility index (Phi) is 3.79. The van der Waals surface area contributed by atoms with Gasteiger partial charge in [-0.1, -0.05) is 0 Å². The van der Waals surface area contributed by atoms with Crippen LogP contribution in [0.2, 0.25) is 0 Å². The van der Waals surface area contributed by atoms with Gasteiger partial charge in [0.05, 0.1) is 17.8 Å². The fourth-order valence-electron chi connectivity index (χ4n) is 1.54. The molecule has 2 rings (SSSR count). The van der Waals surface area contributed by atoms with Crippen molar-refractivity contribution in [2.45, 2.75) is 6.54 Å². The molecule has 1 heterocycles. The lowest BCUT2D eigenvalue weighted by Gasteiger charge is -2.17. The van der Waals surface area contributed by atoms with E-state index in [1.807, 2.05) is 0 Å². The average Bonchev–Trinajstić information content (AvgIpc) is 2.85. The number of aromatic nitrogens is 3. The van der Waals surface area contributed by atoms with Crippen molar-refractivity contribution in [3.8, 4) is 0 Å². The number of nitrogen functional groups attached to an aromatic ring is 1. The zero-order valence-corrected chi connectivity index (χ0v) is 11.6. The maximum absolute atomic E-state index is 13.2. The normalized spacial score (nSPS) is 10.5. The largest absolute Gasteiger partial charge is 0.396 e. The number of hydrogen-bond donors (Lipinski definition) is 2. The number of anilines is 1. The molecule has 0 unspecified atom stereocenters. The number of amides is 1. The molecule has 0 saturated heterocycles. The molecule has 0 aliphatic heterocycles. The molecule has 0 saturated carbocycles. The highest BCUT2D eigenvalue weighted by molar-refractivity contribution is 9.10. The van der Waals surface area contributed by atoms with Crippen molar-refractivity contribution in [3.05, 3.63) is 40.1 Å². The fraction of sp³-hybridized carbons (Fsp3) is 0.182. The van der Waals surface area contributed by atoms with E-state index < -0.39 is 5.82 Å². The molecule has 3 N–H and O–H groups in total. The van der Waals surface area contributed by atoms with E-state index in [4.69, 9.17) is 5.73 Å². The summed E-state index contributed by atoms with van der Waals surface area (Å²) in [5, 5.41) is 6.36. The Morgan fingerprint density at radius 1 is 1.58 bits per heavy atom. The molecule has 1 aromatic carbocycles. The minimum Gasteiger partial charge on any atom is -0.396 e. The van der Waals surface area contributed by atoms with Crippen molar-refractivity contribution in [3.63, 3.8) is 0 Å². The summed E-state index contributed by atoms with van der Waals surface area (Å²) < 4.78 is 13.6. The van der Waals surface area contributed by atoms with Gasteiger partial charge in [-0.3, -0.25) is 9.89 Å². The maximum atomic E-state index is 13.2. The lowest BCUT2D eigenvalue weighted by Crippen LogP contribution is -2.27. The number of benzene rings is 1. The van der Waals surface area contributed by atoms with Gasteiger partial charge in [-0.2, -0.15) is 5.10 Å². The minimum absolute atomic E-state index is 0.0698. The van der Waals surface area contributed by atoms with Crippen LogP contribution >= 0.6 is 15.9 Å². The highest BCUT2D eigenvalue weighted by atomic mass is 79.9. The highest BCUT2D eigenvalue weighted by Crippen LogP contribution is 2.24. The molecule has 0 bridgehead atoms. The number of H-pyrrole nitrogens is 1. The van der Waals surface area contributed by atoms with Gasteiger partial charge in [0, 0.05) is 11.5 Å². The lowest BCUT2D eigenvalue weighted by atomic mass is 10.1. The van der Waals surface area contributed by atoms with Gasteiger partial charge in [0.2, 0.25) is 0 Å². The molecule has 19 heavy (non-hydrogen) atoms. The Hall–Kier alpha value is -1.96. The summed E-state index contributed by atoms with van der Waals surface area (Å²) >= 11 is 3.15. The number of rotatable bonds is 3. The van der Waals surface area contributed by atoms with Gasteiger partial charge >= 0.3 is 0 Å². The van der Waals surface area contributed by atoms with Crippen LogP contribution in [0.25, 0.3) is 0 Å². The van der Waals surface area contributed by atoms with Gasteiger partial charge < -0.3 is 10.6 Å². The summed E-state index contributed by atoms with van der Waals surface area (Å²) in [5.74, 6) is -0.307. The molecule has 0 aliphatic carbocycles. The first-order valence-corrected chi connectivity index (χ1v) is 6.12. The number of aromatic amines is 1. The molecule has 1 aromatic heterocycles. The number of nitrogens with zero attached hydrogens (tertiary/aromatic N) is 3. The van der Waals surface area contributed by atoms with Gasteiger partial charge in [-0.05, 0) is 28.1 Å². The number of nitrogens with two attached hydrogens (primary N) is 1. The first kappa shape index (κ1) is 13.5. The summed E-state index contributed by atoms with van der Waals surface area (Å²) in [6.45, 7) is 0.266. The second-order valence-corrected chi connectivity index (χ2v) is 4.80. The third kappa shape index (κ3) is 2.90. The van der Waals surface area contributed by atoms with Crippen molar-refractivity contribution in [1.82, 2.24) is 20.1 Å². The van der Waals surface area contributed by atoms with Crippen LogP contribution in [0.3, 0.4) is 0 Å². The second kappa shape index (κ2) is 5.35. The molecule has 0 spiro atoms. The first-order valence-electron chi connectivity index (χ1n) is 5.33. The van der Waals surface area contributed by atoms with Crippen LogP contribution in [0.5, 0.6) is 0 Å². The topological polar surface area (TPSA) is 87.9 Å². The fourth-order valence-corrected chi connectivity index (χ4v) is 2.02. The van der Waals surface area contributed by atoms with Gasteiger partial charge in [0.1, 0.15) is 18.0 Å². The van der Waals surface area contributed by atoms with E-state index in [0.717, 1.165) is 0 Å². The van der Waals surface area contributed by atoms with Crippen LogP contribution in [0, 0.1) is 5.82 Å². The predicted molar refractivity (Wildman–Crippen MR) is 70.7 cm³/mol. The number of nitrogens with one attached hydrogen (secondary N) is 1. The monoisotopic (exact) mass is 327 g/mol. The number of halogens is 2. The molecule has 6 nitrogen and oxygen atoms in total. The Bertz CT molecular complexity index is 601. The molecule has 100 valence electrons. The molecule has 0 fully saturated rings. The smallest absolute Gasteiger partial charge is 0.255 e. The van der Waals surface area contributed by atoms with E-state index in [9.17, 15) is 9.18 Å². The summed E-state index contributed by atoms with van der Waals surface area (Å²) in [6, 6.07) is 2.48. The van der Waals surface area contributed by atoms with E-state index in [0.29, 0.717) is 15.9 Å². The molecule has 1 amide bonds. The highest BCUT2D eigenvalue weighted by Gasteiger charge is 2.18. The Balaban J connectivity index is 2.21. The predicted octanol–water partition coefficient (Wildman–Crippen LogP) is 1.56. The third-order valence-electron chi connectivity index (χ3n) is 2.52. The van der Waals surface area contributed by atoms with E-state index >= 15 is 0 Å². The summed E-state index contributed by atoms with van der Waals surface area (Å²) in [6.07, 6.45) is 1.36. The summed E-state index contributed by atoms with van der Waals surface area (Å²) in [4.78, 5) is 17.6. The standard InChI is InChI=1S/C11H11BrFN5O/c1-18(4-10-15-5-16-17-10)11(19)6-2-9(14)8(13)3-7(6)12/h2-3,5H,4,14H2,1H3,(H,15,16,17). The molecular formula is C11H11BrFN5O. The van der Waals surface area contributed by atoms with E-state index in [2.05, 4.69) is 31.1 Å². The quantitative estimate of drug-likeness (QED) is 0.837. The summed E-state index contributed by atoms with van der Waals surface area (Å²) in [5.41, 5.74) is 5.69. The number of carbonyl (C=O) groups is 1. The van der Waals surface area contributed by atoms with E-state index in [-0.39, 0.29) is 18.1 Å². The van der Waals surface area contributed by atoms with Crippen LogP contribution in [0.15, 0.2) is 22.9 Å². The van der Waals surface area contributed by atoms with Crippen LogP contribution < -0.4 is 5.73 Å². The minimum atomic E-state index is -0.568. The van der Waals surface area contributed by atoms with Gasteiger partial charge in [-0.15, -0.1) is 0 Å². The van der Waals surface area contributed by atoms with Crippen molar-refractivity contribution in [2.24, 2.45) is 0 Å². The zero-order valence-electron chi connectivity index (χ0n) is 10.0. The average molecular weight is 328 g/mol. The van der Waals surface area contributed by atoms with Crippen LogP contribution in [0.4, 0.5) is 10.1 Å². The van der Waals surface area contributed by atoms with Gasteiger partial charge in [-0.25, -0.2) is 9.37 Å². The summed E-state index contributed by atoms with van der Waals surface area (Å²) in [7, 11) is 1.61. The number of hydrogen-bond acceptors (Lipinski definition) is 4. The molecule has 8 heteroatoms. The van der Waals surface area contributed by atoms with Crippen LogP contribution in [-0.2, 0) is 6.54 Å². The molecule has 2 aromatic rings. The van der Waals surface area contributed by atoms with Crippen molar-refractivity contribution in [2.75, 3.05) is 12.8 Å². The SMILES string of the molecule is CN(Cc1ncn[nH]1)C(=O)c1cc(N)c(F)cc1Br. The zero-order chi connectivity index (χ0) is 14.0. The number of carbonyl (C=O) groups excluding carboxylic acids is 1. The molecular weight excluding hydrogens is 317 g/mol. The van der Waals surface area contributed by atoms with E-state index in [1.165, 1.54) is 23.4 Å². The van der Waals surface area contributed by atoms with Gasteiger partial charge in [0.15, 0.2) is 0 Å². The van der Waals surface area contributed by atoms with Crippen LogP contribution in [-0.4, -0.2) is 33.0 Å². The Morgan fingerprint density at radius 2 is 2.32 bits per heavy atom. The van der Waals surface area contributed by atoms with Crippen LogP contribution in [0.1, 0.15) is 16.2 Å². The maximum Gasteiger partial charge on any atom is 0.255 e. The first-order chi connectivity index (χ1) is 8.99. The Labute approximate surface area is 116 Å².